The van der Waals surface area contributed by atoms with Crippen molar-refractivity contribution in [3.63, 3.8) is 0 Å². The minimum absolute atomic E-state index is 0.0448. The summed E-state index contributed by atoms with van der Waals surface area (Å²) in [6.07, 6.45) is 2.03. The van der Waals surface area contributed by atoms with Crippen LogP contribution in [-0.4, -0.2) is 38.6 Å². The summed E-state index contributed by atoms with van der Waals surface area (Å²) < 4.78 is 0. The fourth-order valence-corrected chi connectivity index (χ4v) is 7.69. The van der Waals surface area contributed by atoms with E-state index in [1.54, 1.807) is 18.2 Å². The largest absolute Gasteiger partial charge is 0.508 e. The maximum absolute atomic E-state index is 14.1. The third-order valence-electron chi connectivity index (χ3n) is 9.52. The number of imide groups is 2. The van der Waals surface area contributed by atoms with E-state index in [4.69, 9.17) is 0 Å². The number of aromatic hydroxyl groups is 1. The number of nitro benzene ring substituents is 2. The molecule has 45 heavy (non-hydrogen) atoms. The van der Waals surface area contributed by atoms with Gasteiger partial charge in [-0.3, -0.25) is 39.4 Å². The molecule has 0 aromatic heterocycles. The molecule has 1 saturated carbocycles. The summed E-state index contributed by atoms with van der Waals surface area (Å²) in [5.74, 6) is -7.40. The lowest BCUT2D eigenvalue weighted by atomic mass is 9.57. The summed E-state index contributed by atoms with van der Waals surface area (Å²) >= 11 is 0. The van der Waals surface area contributed by atoms with Gasteiger partial charge in [-0.25, -0.2) is 9.80 Å². The van der Waals surface area contributed by atoms with Crippen LogP contribution in [0.5, 0.6) is 5.75 Å². The van der Waals surface area contributed by atoms with Crippen molar-refractivity contribution in [2.24, 2.45) is 29.6 Å². The number of benzene rings is 3. The monoisotopic (exact) mass is 608 g/mol. The zero-order valence-electron chi connectivity index (χ0n) is 23.4. The minimum Gasteiger partial charge on any atom is -0.508 e. The Kier molecular flexibility index (Phi) is 6.35. The van der Waals surface area contributed by atoms with E-state index in [9.17, 15) is 44.5 Å². The lowest BCUT2D eigenvalue weighted by Crippen LogP contribution is -2.43. The van der Waals surface area contributed by atoms with E-state index in [2.05, 4.69) is 0 Å². The number of phenols is 1. The summed E-state index contributed by atoms with van der Waals surface area (Å²) in [4.78, 5) is 79.4. The standard InChI is InChI=1S/C32H24N4O9/c37-25-10-2-1-9-21(25)26-20-11-12-22-27(31(40)33(29(22)38)16-5-3-7-18(13-16)35(42)43)23(20)15-24-28(26)32(41)34(30(24)39)17-6-4-8-19(14-17)36(44)45/h1-11,13-14,22-24,26-28,37H,12,15H2/t22-,23+,24+,26+,27-,28+/m0/s1. The Morgan fingerprint density at radius 3 is 1.80 bits per heavy atom. The van der Waals surface area contributed by atoms with Crippen LogP contribution in [0, 0.1) is 49.8 Å². The number of carbonyl (C=O) groups excluding carboxylic acids is 4. The summed E-state index contributed by atoms with van der Waals surface area (Å²) in [5.41, 5.74) is 0.585. The molecule has 0 unspecified atom stereocenters. The molecule has 0 bridgehead atoms. The van der Waals surface area contributed by atoms with Crippen molar-refractivity contribution in [1.82, 2.24) is 0 Å². The Balaban J connectivity index is 1.32. The zero-order valence-corrected chi connectivity index (χ0v) is 23.4. The van der Waals surface area contributed by atoms with E-state index >= 15 is 0 Å². The Morgan fingerprint density at radius 1 is 0.667 bits per heavy atom. The average Bonchev–Trinajstić information content (AvgIpc) is 3.44. The van der Waals surface area contributed by atoms with E-state index in [0.29, 0.717) is 11.1 Å². The van der Waals surface area contributed by atoms with Gasteiger partial charge in [0.25, 0.3) is 11.4 Å². The number of anilines is 2. The summed E-state index contributed by atoms with van der Waals surface area (Å²) in [6.45, 7) is 0. The first-order valence-corrected chi connectivity index (χ1v) is 14.3. The van der Waals surface area contributed by atoms with Gasteiger partial charge >= 0.3 is 0 Å². The Bertz CT molecular complexity index is 1890. The lowest BCUT2D eigenvalue weighted by Gasteiger charge is -2.44. The molecule has 2 aliphatic carbocycles. The number of amides is 4. The number of hydrogen-bond donors (Lipinski definition) is 1. The number of fused-ring (bicyclic) bond motifs is 4. The third-order valence-corrected chi connectivity index (χ3v) is 9.52. The van der Waals surface area contributed by atoms with Crippen molar-refractivity contribution in [2.45, 2.75) is 18.8 Å². The lowest BCUT2D eigenvalue weighted by molar-refractivity contribution is -0.385. The minimum atomic E-state index is -0.968. The smallest absolute Gasteiger partial charge is 0.271 e. The number of phenolic OH excluding ortho intramolecular Hbond substituents is 1. The Morgan fingerprint density at radius 2 is 1.22 bits per heavy atom. The Hall–Kier alpha value is -5.72. The summed E-state index contributed by atoms with van der Waals surface area (Å²) in [5, 5.41) is 33.8. The van der Waals surface area contributed by atoms with Gasteiger partial charge in [-0.1, -0.05) is 42.0 Å². The molecule has 3 fully saturated rings. The number of allylic oxidation sites excluding steroid dienone is 2. The summed E-state index contributed by atoms with van der Waals surface area (Å²) in [7, 11) is 0. The highest BCUT2D eigenvalue weighted by atomic mass is 16.6. The molecule has 4 aliphatic rings. The molecule has 2 aliphatic heterocycles. The van der Waals surface area contributed by atoms with E-state index in [1.165, 1.54) is 48.5 Å². The van der Waals surface area contributed by atoms with Gasteiger partial charge < -0.3 is 5.11 Å². The molecular weight excluding hydrogens is 584 g/mol. The maximum Gasteiger partial charge on any atom is 0.271 e. The second-order valence-corrected chi connectivity index (χ2v) is 11.7. The number of nitrogens with zero attached hydrogens (tertiary/aromatic N) is 4. The van der Waals surface area contributed by atoms with Crippen LogP contribution < -0.4 is 9.80 Å². The SMILES string of the molecule is O=C1[C@H]2[C@H](CC=C3[C@H]2C[C@H]2C(=O)N(c4cccc([N+](=O)[O-])c4)C(=O)[C@H]2[C@H]3c2ccccc2O)C(=O)N1c1cccc([N+](=O)[O-])c1. The molecule has 2 saturated heterocycles. The van der Waals surface area contributed by atoms with Gasteiger partial charge in [-0.2, -0.15) is 0 Å². The highest BCUT2D eigenvalue weighted by Gasteiger charge is 2.62. The van der Waals surface area contributed by atoms with Crippen LogP contribution >= 0.6 is 0 Å². The van der Waals surface area contributed by atoms with Crippen molar-refractivity contribution in [2.75, 3.05) is 9.80 Å². The number of carbonyl (C=O) groups is 4. The second kappa shape index (κ2) is 10.2. The Labute approximate surface area is 254 Å². The van der Waals surface area contributed by atoms with Crippen LogP contribution in [0.15, 0.2) is 84.4 Å². The van der Waals surface area contributed by atoms with Crippen molar-refractivity contribution < 1.29 is 34.1 Å². The van der Waals surface area contributed by atoms with Crippen molar-refractivity contribution >= 4 is 46.4 Å². The highest BCUT2D eigenvalue weighted by Crippen LogP contribution is 2.59. The number of non-ortho nitro benzene ring substituents is 2. The normalized spacial score (nSPS) is 27.2. The number of rotatable bonds is 5. The number of hydrogen-bond acceptors (Lipinski definition) is 9. The number of para-hydroxylation sites is 1. The van der Waals surface area contributed by atoms with E-state index in [1.807, 2.05) is 6.08 Å². The van der Waals surface area contributed by atoms with Gasteiger partial charge in [-0.15, -0.1) is 0 Å². The van der Waals surface area contributed by atoms with Gasteiger partial charge in [0, 0.05) is 35.7 Å². The van der Waals surface area contributed by atoms with Crippen LogP contribution in [0.1, 0.15) is 24.3 Å². The molecular formula is C32H24N4O9. The molecule has 0 radical (unpaired) electrons. The molecule has 226 valence electrons. The van der Waals surface area contributed by atoms with Crippen molar-refractivity contribution in [1.29, 1.82) is 0 Å². The maximum atomic E-state index is 14.1. The third kappa shape index (κ3) is 4.14. The van der Waals surface area contributed by atoms with Crippen LogP contribution in [-0.2, 0) is 19.2 Å². The number of nitro groups is 2. The zero-order chi connectivity index (χ0) is 31.7. The van der Waals surface area contributed by atoms with Gasteiger partial charge in [0.1, 0.15) is 5.75 Å². The topological polar surface area (TPSA) is 181 Å². The highest BCUT2D eigenvalue weighted by molar-refractivity contribution is 6.24. The van der Waals surface area contributed by atoms with E-state index in [-0.39, 0.29) is 41.3 Å². The van der Waals surface area contributed by atoms with Crippen molar-refractivity contribution in [3.8, 4) is 5.75 Å². The predicted octanol–water partition coefficient (Wildman–Crippen LogP) is 4.25. The molecule has 6 atom stereocenters. The first kappa shape index (κ1) is 28.1. The van der Waals surface area contributed by atoms with Gasteiger partial charge in [0.05, 0.1) is 44.9 Å². The first-order valence-electron chi connectivity index (χ1n) is 14.3. The second-order valence-electron chi connectivity index (χ2n) is 11.7. The quantitative estimate of drug-likeness (QED) is 0.192. The molecule has 2 heterocycles. The van der Waals surface area contributed by atoms with Gasteiger partial charge in [0.2, 0.25) is 23.6 Å². The molecule has 13 heteroatoms. The molecule has 13 nitrogen and oxygen atoms in total. The molecule has 3 aromatic carbocycles. The van der Waals surface area contributed by atoms with Crippen LogP contribution in [0.2, 0.25) is 0 Å². The molecule has 4 amide bonds. The molecule has 0 spiro atoms. The first-order chi connectivity index (χ1) is 21.6. The predicted molar refractivity (Wildman–Crippen MR) is 157 cm³/mol. The van der Waals surface area contributed by atoms with Crippen LogP contribution in [0.25, 0.3) is 0 Å². The summed E-state index contributed by atoms with van der Waals surface area (Å²) in [6, 6.07) is 16.9. The molecule has 1 N–H and O–H groups in total. The molecule has 7 rings (SSSR count). The van der Waals surface area contributed by atoms with Gasteiger partial charge in [0.15, 0.2) is 0 Å². The van der Waals surface area contributed by atoms with Gasteiger partial charge in [-0.05, 0) is 37.0 Å². The van der Waals surface area contributed by atoms with Crippen LogP contribution in [0.3, 0.4) is 0 Å². The fourth-order valence-electron chi connectivity index (χ4n) is 7.69. The average molecular weight is 609 g/mol. The fraction of sp³-hybridized carbons (Fsp3) is 0.250. The van der Waals surface area contributed by atoms with E-state index in [0.717, 1.165) is 15.9 Å². The van der Waals surface area contributed by atoms with Crippen LogP contribution in [0.4, 0.5) is 22.7 Å². The van der Waals surface area contributed by atoms with Crippen molar-refractivity contribution in [3.05, 3.63) is 110 Å². The van der Waals surface area contributed by atoms with E-state index < -0.39 is 69.0 Å². The molecule has 3 aromatic rings.